The zero-order valence-corrected chi connectivity index (χ0v) is 16.0. The van der Waals surface area contributed by atoms with E-state index in [0.29, 0.717) is 17.9 Å². The minimum Gasteiger partial charge on any atom is -0.479 e. The van der Waals surface area contributed by atoms with Crippen LogP contribution < -0.4 is 14.2 Å². The lowest BCUT2D eigenvalue weighted by Crippen LogP contribution is -2.28. The maximum absolute atomic E-state index is 6.18. The third-order valence-corrected chi connectivity index (χ3v) is 3.72. The Labute approximate surface area is 150 Å². The Morgan fingerprint density at radius 1 is 1.12 bits per heavy atom. The lowest BCUT2D eigenvalue weighted by Gasteiger charge is -2.30. The highest BCUT2D eigenvalue weighted by Crippen LogP contribution is 2.46. The van der Waals surface area contributed by atoms with Crippen LogP contribution in [0.25, 0.3) is 6.08 Å². The minimum absolute atomic E-state index is 0.134. The summed E-state index contributed by atoms with van der Waals surface area (Å²) in [6.45, 7) is 8.45. The summed E-state index contributed by atoms with van der Waals surface area (Å²) in [5, 5.41) is 0. The van der Waals surface area contributed by atoms with E-state index in [1.54, 1.807) is 14.2 Å². The van der Waals surface area contributed by atoms with Gasteiger partial charge in [-0.1, -0.05) is 17.7 Å². The van der Waals surface area contributed by atoms with Crippen molar-refractivity contribution in [1.82, 2.24) is 0 Å². The monoisotopic (exact) mass is 348 g/mol. The predicted molar refractivity (Wildman–Crippen MR) is 98.3 cm³/mol. The van der Waals surface area contributed by atoms with Gasteiger partial charge in [0.1, 0.15) is 11.4 Å². The van der Waals surface area contributed by atoms with Crippen molar-refractivity contribution in [3.8, 4) is 17.2 Å². The van der Waals surface area contributed by atoms with Crippen LogP contribution in [-0.2, 0) is 15.9 Å². The number of rotatable bonds is 8. The summed E-state index contributed by atoms with van der Waals surface area (Å²) in [6, 6.07) is 1.97. The molecule has 0 bridgehead atoms. The summed E-state index contributed by atoms with van der Waals surface area (Å²) in [7, 11) is 3.19. The molecule has 0 saturated carbocycles. The number of ether oxygens (including phenoxy) is 5. The molecule has 0 radical (unpaired) electrons. The highest BCUT2D eigenvalue weighted by molar-refractivity contribution is 5.70. The molecule has 25 heavy (non-hydrogen) atoms. The van der Waals surface area contributed by atoms with Crippen molar-refractivity contribution in [3.05, 3.63) is 34.9 Å². The van der Waals surface area contributed by atoms with Gasteiger partial charge in [0.15, 0.2) is 25.1 Å². The van der Waals surface area contributed by atoms with Crippen LogP contribution in [0.15, 0.2) is 23.8 Å². The van der Waals surface area contributed by atoms with Crippen LogP contribution in [0.3, 0.4) is 0 Å². The topological polar surface area (TPSA) is 46.2 Å². The fourth-order valence-corrected chi connectivity index (χ4v) is 2.51. The van der Waals surface area contributed by atoms with Crippen LogP contribution in [0.5, 0.6) is 17.2 Å². The molecule has 1 aliphatic heterocycles. The Kier molecular flexibility index (Phi) is 6.51. The van der Waals surface area contributed by atoms with E-state index >= 15 is 0 Å². The Hall–Kier alpha value is -1.98. The molecule has 1 heterocycles. The lowest BCUT2D eigenvalue weighted by atomic mass is 9.98. The van der Waals surface area contributed by atoms with E-state index in [1.807, 2.05) is 32.1 Å². The Morgan fingerprint density at radius 2 is 1.80 bits per heavy atom. The summed E-state index contributed by atoms with van der Waals surface area (Å²) >= 11 is 0. The maximum atomic E-state index is 6.18. The third-order valence-electron chi connectivity index (χ3n) is 3.72. The van der Waals surface area contributed by atoms with Crippen molar-refractivity contribution in [1.29, 1.82) is 0 Å². The van der Waals surface area contributed by atoms with Gasteiger partial charge in [0.2, 0.25) is 0 Å². The van der Waals surface area contributed by atoms with Crippen molar-refractivity contribution >= 4 is 6.08 Å². The van der Waals surface area contributed by atoms with Crippen LogP contribution >= 0.6 is 0 Å². The minimum atomic E-state index is -0.402. The largest absolute Gasteiger partial charge is 0.479 e. The van der Waals surface area contributed by atoms with Crippen LogP contribution in [0.2, 0.25) is 0 Å². The molecule has 0 aromatic heterocycles. The fourth-order valence-electron chi connectivity index (χ4n) is 2.51. The molecule has 0 aliphatic carbocycles. The number of hydrogen-bond donors (Lipinski definition) is 0. The van der Waals surface area contributed by atoms with E-state index in [2.05, 4.69) is 19.9 Å². The highest BCUT2D eigenvalue weighted by Gasteiger charge is 2.28. The van der Waals surface area contributed by atoms with Crippen LogP contribution in [0, 0.1) is 0 Å². The first-order valence-corrected chi connectivity index (χ1v) is 8.33. The van der Waals surface area contributed by atoms with Gasteiger partial charge in [0, 0.05) is 25.3 Å². The molecular weight excluding hydrogens is 320 g/mol. The second-order valence-electron chi connectivity index (χ2n) is 6.73. The first-order chi connectivity index (χ1) is 11.9. The van der Waals surface area contributed by atoms with Gasteiger partial charge in [-0.3, -0.25) is 0 Å². The van der Waals surface area contributed by atoms with Gasteiger partial charge < -0.3 is 23.7 Å². The molecule has 2 rings (SSSR count). The standard InChI is InChI=1S/C20H28O5/c1-14(2)7-8-16-17(23-12-21-5)11-15-9-10-20(3,4)25-18(15)19(16)24-13-22-6/h7,9-11H,8,12-13H2,1-6H3. The molecule has 0 spiro atoms. The Bertz CT molecular complexity index is 655. The highest BCUT2D eigenvalue weighted by atomic mass is 16.7. The van der Waals surface area contributed by atoms with Gasteiger partial charge in [0.25, 0.3) is 0 Å². The number of methoxy groups -OCH3 is 2. The first kappa shape index (κ1) is 19.3. The number of fused-ring (bicyclic) bond motifs is 1. The van der Waals surface area contributed by atoms with Gasteiger partial charge >= 0.3 is 0 Å². The summed E-state index contributed by atoms with van der Waals surface area (Å²) < 4.78 is 28.1. The zero-order valence-electron chi connectivity index (χ0n) is 16.0. The summed E-state index contributed by atoms with van der Waals surface area (Å²) in [6.07, 6.45) is 6.85. The molecular formula is C20H28O5. The lowest BCUT2D eigenvalue weighted by molar-refractivity contribution is 0.0405. The SMILES string of the molecule is COCOc1cc2c(c(OCOC)c1CC=C(C)C)OC(C)(C)C=C2. The van der Waals surface area contributed by atoms with Gasteiger partial charge in [-0.15, -0.1) is 0 Å². The molecule has 0 saturated heterocycles. The van der Waals surface area contributed by atoms with E-state index in [1.165, 1.54) is 5.57 Å². The molecule has 0 amide bonds. The van der Waals surface area contributed by atoms with E-state index in [4.69, 9.17) is 23.7 Å². The van der Waals surface area contributed by atoms with Crippen molar-refractivity contribution in [3.63, 3.8) is 0 Å². The van der Waals surface area contributed by atoms with Gasteiger partial charge in [-0.05, 0) is 46.3 Å². The maximum Gasteiger partial charge on any atom is 0.188 e. The quantitative estimate of drug-likeness (QED) is 0.516. The van der Waals surface area contributed by atoms with Crippen molar-refractivity contribution in [2.24, 2.45) is 0 Å². The van der Waals surface area contributed by atoms with Gasteiger partial charge in [0.05, 0.1) is 0 Å². The van der Waals surface area contributed by atoms with Crippen LogP contribution in [-0.4, -0.2) is 33.4 Å². The van der Waals surface area contributed by atoms with Gasteiger partial charge in [-0.2, -0.15) is 0 Å². The molecule has 5 heteroatoms. The third kappa shape index (κ3) is 5.00. The zero-order chi connectivity index (χ0) is 18.4. The molecule has 138 valence electrons. The Morgan fingerprint density at radius 3 is 2.44 bits per heavy atom. The fraction of sp³-hybridized carbons (Fsp3) is 0.500. The van der Waals surface area contributed by atoms with Crippen LogP contribution in [0.1, 0.15) is 38.8 Å². The predicted octanol–water partition coefficient (Wildman–Crippen LogP) is 4.34. The average molecular weight is 348 g/mol. The summed E-state index contributed by atoms with van der Waals surface area (Å²) in [4.78, 5) is 0. The van der Waals surface area contributed by atoms with E-state index < -0.39 is 5.60 Å². The van der Waals surface area contributed by atoms with Gasteiger partial charge in [-0.25, -0.2) is 0 Å². The van der Waals surface area contributed by atoms with E-state index in [9.17, 15) is 0 Å². The average Bonchev–Trinajstić information content (AvgIpc) is 2.55. The number of benzene rings is 1. The molecule has 5 nitrogen and oxygen atoms in total. The molecule has 0 N–H and O–H groups in total. The number of allylic oxidation sites excluding steroid dienone is 2. The Balaban J connectivity index is 2.58. The van der Waals surface area contributed by atoms with E-state index in [0.717, 1.165) is 16.9 Å². The molecule has 1 aromatic rings. The molecule has 0 unspecified atom stereocenters. The number of hydrogen-bond acceptors (Lipinski definition) is 5. The molecule has 0 fully saturated rings. The van der Waals surface area contributed by atoms with E-state index in [-0.39, 0.29) is 13.6 Å². The van der Waals surface area contributed by atoms with Crippen molar-refractivity contribution in [2.45, 2.75) is 39.7 Å². The first-order valence-electron chi connectivity index (χ1n) is 8.33. The summed E-state index contributed by atoms with van der Waals surface area (Å²) in [5.41, 5.74) is 2.65. The normalized spacial score (nSPS) is 14.5. The molecule has 1 aromatic carbocycles. The second kappa shape index (κ2) is 8.41. The smallest absolute Gasteiger partial charge is 0.188 e. The molecule has 0 atom stereocenters. The van der Waals surface area contributed by atoms with Crippen molar-refractivity contribution < 1.29 is 23.7 Å². The molecule has 1 aliphatic rings. The summed E-state index contributed by atoms with van der Waals surface area (Å²) in [5.74, 6) is 2.09. The van der Waals surface area contributed by atoms with Crippen molar-refractivity contribution in [2.75, 3.05) is 27.8 Å². The van der Waals surface area contributed by atoms with Crippen LogP contribution in [0.4, 0.5) is 0 Å². The second-order valence-corrected chi connectivity index (χ2v) is 6.73.